The van der Waals surface area contributed by atoms with Crippen LogP contribution in [-0.4, -0.2) is 41.4 Å². The first kappa shape index (κ1) is 12.9. The van der Waals surface area contributed by atoms with E-state index >= 15 is 0 Å². The average molecular weight is 238 g/mol. The van der Waals surface area contributed by atoms with Crippen molar-refractivity contribution in [2.24, 2.45) is 0 Å². The first-order valence-electron chi connectivity index (χ1n) is 2.98. The fraction of sp³-hybridized carbons (Fsp3) is 1.00. The Labute approximate surface area is 73.6 Å². The lowest BCUT2D eigenvalue weighted by Gasteiger charge is -2.14. The highest BCUT2D eigenvalue weighted by molar-refractivity contribution is 7.86. The molecule has 80 valence electrons. The summed E-state index contributed by atoms with van der Waals surface area (Å²) in [6, 6.07) is -1.17. The molecule has 0 aromatic heterocycles. The van der Waals surface area contributed by atoms with Crippen molar-refractivity contribution in [2.75, 3.05) is 0 Å². The van der Waals surface area contributed by atoms with Gasteiger partial charge >= 0.3 is 24.2 Å². The van der Waals surface area contributed by atoms with Crippen LogP contribution in [0.4, 0.5) is 8.78 Å². The normalized spacial score (nSPS) is 14.6. The Kier molecular flexibility index (Phi) is 3.51. The lowest BCUT2D eigenvalue weighted by molar-refractivity contribution is 0.0707. The van der Waals surface area contributed by atoms with Gasteiger partial charge in [0.15, 0.2) is 0 Å². The predicted molar refractivity (Wildman–Crippen MR) is 38.3 cm³/mol. The molecule has 10 heteroatoms. The molecule has 6 nitrogen and oxygen atoms in total. The number of rotatable bonds is 4. The summed E-state index contributed by atoms with van der Waals surface area (Å²) in [5, 5.41) is -4.47. The second kappa shape index (κ2) is 3.55. The van der Waals surface area contributed by atoms with E-state index in [4.69, 9.17) is 18.9 Å². The summed E-state index contributed by atoms with van der Waals surface area (Å²) in [4.78, 5) is 24.9. The molecule has 0 saturated carbocycles. The molecule has 0 aliphatic carbocycles. The van der Waals surface area contributed by atoms with Gasteiger partial charge in [-0.05, 0) is 0 Å². The van der Waals surface area contributed by atoms with Gasteiger partial charge in [-0.25, -0.2) is 0 Å². The molecule has 0 radical (unpaired) electrons. The molecule has 4 N–H and O–H groups in total. The zero-order chi connectivity index (χ0) is 10.9. The minimum absolute atomic E-state index is 1.17. The van der Waals surface area contributed by atoms with Crippen LogP contribution < -0.4 is 0 Å². The van der Waals surface area contributed by atoms with Crippen molar-refractivity contribution < 1.29 is 36.1 Å². The Morgan fingerprint density at radius 1 is 1.23 bits per heavy atom. The van der Waals surface area contributed by atoms with Crippen LogP contribution >= 0.6 is 0 Å². The van der Waals surface area contributed by atoms with Crippen LogP contribution in [0.2, 0.25) is 6.04 Å². The summed E-state index contributed by atoms with van der Waals surface area (Å²) in [5.74, 6) is 0. The van der Waals surface area contributed by atoms with E-state index in [2.05, 4.69) is 0 Å². The molecule has 0 aliphatic heterocycles. The molecule has 0 unspecified atom stereocenters. The summed E-state index contributed by atoms with van der Waals surface area (Å²) in [6.45, 7) is 0. The Morgan fingerprint density at radius 3 is 1.85 bits per heavy atom. The van der Waals surface area contributed by atoms with Gasteiger partial charge in [-0.2, -0.15) is 17.2 Å². The van der Waals surface area contributed by atoms with Gasteiger partial charge in [-0.3, -0.25) is 4.55 Å². The SMILES string of the molecule is O=S(=O)(O)C(F)(F)CC[Si](O)(O)O. The maximum Gasteiger partial charge on any atom is 0.493 e. The van der Waals surface area contributed by atoms with E-state index in [1.165, 1.54) is 0 Å². The minimum atomic E-state index is -5.57. The van der Waals surface area contributed by atoms with Crippen molar-refractivity contribution >= 4 is 18.9 Å². The molecule has 0 saturated heterocycles. The first-order chi connectivity index (χ1) is 5.46. The van der Waals surface area contributed by atoms with Crippen LogP contribution in [0.25, 0.3) is 0 Å². The highest BCUT2D eigenvalue weighted by atomic mass is 32.2. The second-order valence-corrected chi connectivity index (χ2v) is 5.98. The topological polar surface area (TPSA) is 115 Å². The maximum atomic E-state index is 12.3. The maximum absolute atomic E-state index is 12.3. The molecule has 0 bridgehead atoms. The summed E-state index contributed by atoms with van der Waals surface area (Å²) >= 11 is 0. The molecular formula is C3H8F2O6SSi. The molecule has 0 fully saturated rings. The van der Waals surface area contributed by atoms with Crippen LogP contribution in [0.3, 0.4) is 0 Å². The van der Waals surface area contributed by atoms with Gasteiger partial charge in [0.1, 0.15) is 0 Å². The molecule has 0 aliphatic rings. The van der Waals surface area contributed by atoms with Crippen molar-refractivity contribution in [3.8, 4) is 0 Å². The smallest absolute Gasteiger partial charge is 0.390 e. The predicted octanol–water partition coefficient (Wildman–Crippen LogP) is -1.23. The van der Waals surface area contributed by atoms with E-state index in [9.17, 15) is 17.2 Å². The quantitative estimate of drug-likeness (QED) is 0.360. The Hall–Kier alpha value is -0.133. The number of hydrogen-bond donors (Lipinski definition) is 4. The number of alkyl halides is 2. The van der Waals surface area contributed by atoms with E-state index in [1.807, 2.05) is 0 Å². The number of hydrogen-bond acceptors (Lipinski definition) is 5. The van der Waals surface area contributed by atoms with Gasteiger partial charge in [0.25, 0.3) is 0 Å². The van der Waals surface area contributed by atoms with Crippen molar-refractivity contribution in [3.05, 3.63) is 0 Å². The van der Waals surface area contributed by atoms with Crippen LogP contribution in [0.15, 0.2) is 0 Å². The lowest BCUT2D eigenvalue weighted by Crippen LogP contribution is -2.38. The molecule has 0 rings (SSSR count). The third-order valence-corrected chi connectivity index (χ3v) is 3.01. The standard InChI is InChI=1S/C3H8F2O6SSi/c4-3(5,12(6,7)8)1-2-13(9,10)11/h9-11H,1-2H2,(H,6,7,8). The van der Waals surface area contributed by atoms with Crippen molar-refractivity contribution in [3.63, 3.8) is 0 Å². The fourth-order valence-corrected chi connectivity index (χ4v) is 1.63. The Balaban J connectivity index is 4.38. The van der Waals surface area contributed by atoms with Crippen molar-refractivity contribution in [2.45, 2.75) is 17.7 Å². The zero-order valence-corrected chi connectivity index (χ0v) is 8.00. The average Bonchev–Trinajstić information content (AvgIpc) is 1.79. The van der Waals surface area contributed by atoms with E-state index in [-0.39, 0.29) is 0 Å². The zero-order valence-electron chi connectivity index (χ0n) is 6.18. The lowest BCUT2D eigenvalue weighted by atomic mass is 10.5. The molecule has 0 spiro atoms. The largest absolute Gasteiger partial charge is 0.493 e. The van der Waals surface area contributed by atoms with Crippen LogP contribution in [0.5, 0.6) is 0 Å². The van der Waals surface area contributed by atoms with Crippen LogP contribution in [-0.2, 0) is 10.1 Å². The highest BCUT2D eigenvalue weighted by Gasteiger charge is 2.46. The van der Waals surface area contributed by atoms with Gasteiger partial charge in [-0.1, -0.05) is 0 Å². The summed E-state index contributed by atoms with van der Waals surface area (Å²) in [7, 11) is -10.3. The molecule has 0 aromatic rings. The van der Waals surface area contributed by atoms with Crippen LogP contribution in [0, 0.1) is 0 Å². The molecular weight excluding hydrogens is 230 g/mol. The summed E-state index contributed by atoms with van der Waals surface area (Å²) in [6.07, 6.45) is -1.54. The molecule has 0 aromatic carbocycles. The minimum Gasteiger partial charge on any atom is -0.390 e. The fourth-order valence-electron chi connectivity index (χ4n) is 0.442. The Morgan fingerprint density at radius 2 is 1.62 bits per heavy atom. The molecule has 0 amide bonds. The number of halogens is 2. The highest BCUT2D eigenvalue weighted by Crippen LogP contribution is 2.27. The van der Waals surface area contributed by atoms with E-state index < -0.39 is 36.6 Å². The first-order valence-corrected chi connectivity index (χ1v) is 6.46. The van der Waals surface area contributed by atoms with Gasteiger partial charge in [0.2, 0.25) is 0 Å². The molecule has 0 heterocycles. The van der Waals surface area contributed by atoms with E-state index in [0.717, 1.165) is 0 Å². The summed E-state index contributed by atoms with van der Waals surface area (Å²) in [5.41, 5.74) is 0. The van der Waals surface area contributed by atoms with E-state index in [1.54, 1.807) is 0 Å². The Bertz CT molecular complexity index is 268. The monoisotopic (exact) mass is 238 g/mol. The second-order valence-electron chi connectivity index (χ2n) is 2.39. The van der Waals surface area contributed by atoms with Crippen molar-refractivity contribution in [1.82, 2.24) is 0 Å². The third kappa shape index (κ3) is 4.59. The van der Waals surface area contributed by atoms with Gasteiger partial charge in [0, 0.05) is 12.5 Å². The van der Waals surface area contributed by atoms with E-state index in [0.29, 0.717) is 0 Å². The third-order valence-electron chi connectivity index (χ3n) is 1.13. The van der Waals surface area contributed by atoms with Crippen molar-refractivity contribution in [1.29, 1.82) is 0 Å². The van der Waals surface area contributed by atoms with Gasteiger partial charge in [-0.15, -0.1) is 0 Å². The summed E-state index contributed by atoms with van der Waals surface area (Å²) < 4.78 is 52.5. The van der Waals surface area contributed by atoms with Gasteiger partial charge < -0.3 is 14.4 Å². The molecule has 13 heavy (non-hydrogen) atoms. The molecule has 0 atom stereocenters. The van der Waals surface area contributed by atoms with Gasteiger partial charge in [0.05, 0.1) is 0 Å². The van der Waals surface area contributed by atoms with Crippen LogP contribution in [0.1, 0.15) is 6.42 Å².